The van der Waals surface area contributed by atoms with E-state index < -0.39 is 29.4 Å². The minimum Gasteiger partial charge on any atom is -0.325 e. The summed E-state index contributed by atoms with van der Waals surface area (Å²) >= 11 is 11.5. The number of hydrogen-bond donors (Lipinski definition) is 2. The van der Waals surface area contributed by atoms with Crippen LogP contribution in [0.25, 0.3) is 0 Å². The zero-order valence-electron chi connectivity index (χ0n) is 14.8. The van der Waals surface area contributed by atoms with Gasteiger partial charge < -0.3 is 10.6 Å². The Hall–Kier alpha value is -2.96. The summed E-state index contributed by atoms with van der Waals surface area (Å²) in [6.07, 6.45) is 0. The van der Waals surface area contributed by atoms with Gasteiger partial charge in [-0.15, -0.1) is 0 Å². The van der Waals surface area contributed by atoms with Gasteiger partial charge in [-0.1, -0.05) is 53.5 Å². The molecule has 0 bridgehead atoms. The van der Waals surface area contributed by atoms with Gasteiger partial charge >= 0.3 is 0 Å². The van der Waals surface area contributed by atoms with Crippen LogP contribution in [0.1, 0.15) is 11.5 Å². The number of carbonyl (C=O) groups is 2. The number of hydrogen-bond acceptors (Lipinski definition) is 2. The third kappa shape index (κ3) is 5.10. The second kappa shape index (κ2) is 9.03. The van der Waals surface area contributed by atoms with Crippen LogP contribution in [-0.4, -0.2) is 11.8 Å². The number of anilines is 2. The fraction of sp³-hybridized carbons (Fsp3) is 0.0476. The first-order chi connectivity index (χ1) is 13.8. The second-order valence-electron chi connectivity index (χ2n) is 6.08. The van der Waals surface area contributed by atoms with Crippen molar-refractivity contribution in [2.24, 2.45) is 0 Å². The summed E-state index contributed by atoms with van der Waals surface area (Å²) in [5, 5.41) is 4.79. The summed E-state index contributed by atoms with van der Waals surface area (Å²) in [6, 6.07) is 15.7. The molecule has 29 heavy (non-hydrogen) atoms. The first kappa shape index (κ1) is 20.8. The summed E-state index contributed by atoms with van der Waals surface area (Å²) in [7, 11) is 0. The Morgan fingerprint density at radius 1 is 0.724 bits per heavy atom. The summed E-state index contributed by atoms with van der Waals surface area (Å²) in [5.74, 6) is -3.79. The van der Waals surface area contributed by atoms with Crippen LogP contribution < -0.4 is 10.6 Å². The second-order valence-corrected chi connectivity index (χ2v) is 6.89. The minimum absolute atomic E-state index is 0.163. The zero-order valence-corrected chi connectivity index (χ0v) is 16.3. The van der Waals surface area contributed by atoms with E-state index in [-0.39, 0.29) is 21.4 Å². The molecule has 0 heterocycles. The lowest BCUT2D eigenvalue weighted by molar-refractivity contribution is -0.125. The molecule has 0 aliphatic carbocycles. The Balaban J connectivity index is 1.87. The normalized spacial score (nSPS) is 10.7. The molecule has 3 rings (SSSR count). The predicted molar refractivity (Wildman–Crippen MR) is 109 cm³/mol. The lowest BCUT2D eigenvalue weighted by atomic mass is 9.97. The highest BCUT2D eigenvalue weighted by atomic mass is 35.5. The van der Waals surface area contributed by atoms with Gasteiger partial charge in [0.25, 0.3) is 0 Å². The summed E-state index contributed by atoms with van der Waals surface area (Å²) in [6.45, 7) is 0. The van der Waals surface area contributed by atoms with Crippen molar-refractivity contribution in [2.45, 2.75) is 5.92 Å². The van der Waals surface area contributed by atoms with Crippen molar-refractivity contribution >= 4 is 46.4 Å². The van der Waals surface area contributed by atoms with E-state index in [1.807, 2.05) is 0 Å². The van der Waals surface area contributed by atoms with Crippen LogP contribution in [0.2, 0.25) is 10.0 Å². The van der Waals surface area contributed by atoms with E-state index in [2.05, 4.69) is 10.6 Å². The molecule has 0 aliphatic rings. The molecular weight excluding hydrogens is 421 g/mol. The summed E-state index contributed by atoms with van der Waals surface area (Å²) in [5.41, 5.74) is 0.906. The van der Waals surface area contributed by atoms with E-state index in [9.17, 15) is 18.4 Å². The highest BCUT2D eigenvalue weighted by Crippen LogP contribution is 2.25. The van der Waals surface area contributed by atoms with Crippen LogP contribution in [0.4, 0.5) is 20.2 Å². The predicted octanol–water partition coefficient (Wildman–Crippen LogP) is 5.63. The topological polar surface area (TPSA) is 58.2 Å². The molecule has 0 saturated heterocycles. The summed E-state index contributed by atoms with van der Waals surface area (Å²) in [4.78, 5) is 25.7. The monoisotopic (exact) mass is 434 g/mol. The van der Waals surface area contributed by atoms with Crippen LogP contribution in [0.5, 0.6) is 0 Å². The van der Waals surface area contributed by atoms with E-state index >= 15 is 0 Å². The van der Waals surface area contributed by atoms with Gasteiger partial charge in [-0.3, -0.25) is 9.59 Å². The lowest BCUT2D eigenvalue weighted by Gasteiger charge is -2.17. The molecule has 0 unspecified atom stereocenters. The Labute approximate surface area is 175 Å². The number of benzene rings is 3. The molecule has 4 nitrogen and oxygen atoms in total. The van der Waals surface area contributed by atoms with Crippen molar-refractivity contribution in [1.82, 2.24) is 0 Å². The first-order valence-electron chi connectivity index (χ1n) is 8.42. The van der Waals surface area contributed by atoms with Crippen molar-refractivity contribution in [3.8, 4) is 0 Å². The van der Waals surface area contributed by atoms with Gasteiger partial charge in [-0.05, 0) is 42.0 Å². The van der Waals surface area contributed by atoms with Crippen molar-refractivity contribution < 1.29 is 18.4 Å². The van der Waals surface area contributed by atoms with Crippen LogP contribution in [-0.2, 0) is 9.59 Å². The quantitative estimate of drug-likeness (QED) is 0.511. The lowest BCUT2D eigenvalue weighted by Crippen LogP contribution is -2.32. The molecular formula is C21H14Cl2F2N2O2. The minimum atomic E-state index is -1.23. The van der Waals surface area contributed by atoms with E-state index in [1.54, 1.807) is 30.3 Å². The molecule has 0 atom stereocenters. The molecule has 2 N–H and O–H groups in total. The first-order valence-corrected chi connectivity index (χ1v) is 9.17. The molecule has 3 aromatic rings. The molecule has 3 aromatic carbocycles. The average Bonchev–Trinajstić information content (AvgIpc) is 2.68. The zero-order chi connectivity index (χ0) is 21.0. The maximum Gasteiger partial charge on any atom is 0.241 e. The molecule has 0 fully saturated rings. The molecule has 148 valence electrons. The Morgan fingerprint density at radius 3 is 1.59 bits per heavy atom. The number of carbonyl (C=O) groups excluding carboxylic acids is 2. The fourth-order valence-corrected chi connectivity index (χ4v) is 3.01. The standard InChI is InChI=1S/C21H14Cl2F2N2O2/c22-15-10-13(6-8-17(15)24)26-20(28)19(12-4-2-1-3-5-12)21(29)27-14-7-9-18(25)16(23)11-14/h1-11,19H,(H,26,28)(H,27,29). The van der Waals surface area contributed by atoms with E-state index in [0.717, 1.165) is 12.1 Å². The third-order valence-corrected chi connectivity index (χ3v) is 4.61. The molecule has 0 aliphatic heterocycles. The Morgan fingerprint density at radius 2 is 1.17 bits per heavy atom. The van der Waals surface area contributed by atoms with E-state index in [0.29, 0.717) is 5.56 Å². The maximum atomic E-state index is 13.3. The molecule has 8 heteroatoms. The molecule has 0 spiro atoms. The van der Waals surface area contributed by atoms with Gasteiger partial charge in [0.15, 0.2) is 0 Å². The van der Waals surface area contributed by atoms with Crippen molar-refractivity contribution in [3.63, 3.8) is 0 Å². The number of rotatable bonds is 5. The highest BCUT2D eigenvalue weighted by Gasteiger charge is 2.29. The van der Waals surface area contributed by atoms with Gasteiger partial charge in [0.2, 0.25) is 11.8 Å². The van der Waals surface area contributed by atoms with Crippen LogP contribution in [0.3, 0.4) is 0 Å². The van der Waals surface area contributed by atoms with E-state index in [1.165, 1.54) is 24.3 Å². The number of halogens is 4. The van der Waals surface area contributed by atoms with Gasteiger partial charge in [-0.2, -0.15) is 0 Å². The molecule has 0 aromatic heterocycles. The highest BCUT2D eigenvalue weighted by molar-refractivity contribution is 6.31. The molecule has 0 saturated carbocycles. The maximum absolute atomic E-state index is 13.3. The van der Waals surface area contributed by atoms with Crippen molar-refractivity contribution in [1.29, 1.82) is 0 Å². The van der Waals surface area contributed by atoms with Crippen LogP contribution in [0.15, 0.2) is 66.7 Å². The Kier molecular flexibility index (Phi) is 6.46. The van der Waals surface area contributed by atoms with Gasteiger partial charge in [-0.25, -0.2) is 8.78 Å². The number of amides is 2. The SMILES string of the molecule is O=C(Nc1ccc(F)c(Cl)c1)C(C(=O)Nc1ccc(F)c(Cl)c1)c1ccccc1. The average molecular weight is 435 g/mol. The van der Waals surface area contributed by atoms with Gasteiger partial charge in [0.1, 0.15) is 17.6 Å². The Bertz CT molecular complexity index is 996. The fourth-order valence-electron chi connectivity index (χ4n) is 2.64. The van der Waals surface area contributed by atoms with Crippen molar-refractivity contribution in [2.75, 3.05) is 10.6 Å². The van der Waals surface area contributed by atoms with Gasteiger partial charge in [0.05, 0.1) is 10.0 Å². The van der Waals surface area contributed by atoms with Gasteiger partial charge in [0, 0.05) is 11.4 Å². The van der Waals surface area contributed by atoms with Crippen molar-refractivity contribution in [3.05, 3.63) is 94.0 Å². The summed E-state index contributed by atoms with van der Waals surface area (Å²) < 4.78 is 26.7. The van der Waals surface area contributed by atoms with E-state index in [4.69, 9.17) is 23.2 Å². The third-order valence-electron chi connectivity index (χ3n) is 4.03. The van der Waals surface area contributed by atoms with Crippen LogP contribution >= 0.6 is 23.2 Å². The smallest absolute Gasteiger partial charge is 0.241 e. The molecule has 0 radical (unpaired) electrons. The largest absolute Gasteiger partial charge is 0.325 e. The number of nitrogens with one attached hydrogen (secondary N) is 2. The van der Waals surface area contributed by atoms with Crippen LogP contribution in [0, 0.1) is 11.6 Å². The molecule has 2 amide bonds.